The second-order valence-electron chi connectivity index (χ2n) is 9.13. The Morgan fingerprint density at radius 3 is 2.43 bits per heavy atom. The summed E-state index contributed by atoms with van der Waals surface area (Å²) >= 11 is 0. The van der Waals surface area contributed by atoms with Crippen molar-refractivity contribution in [1.29, 1.82) is 0 Å². The number of nitrogens with one attached hydrogen (secondary N) is 2. The molecule has 2 N–H and O–H groups in total. The van der Waals surface area contributed by atoms with Gasteiger partial charge in [0.2, 0.25) is 0 Å². The predicted octanol–water partition coefficient (Wildman–Crippen LogP) is 4.27. The second kappa shape index (κ2) is 11.1. The van der Waals surface area contributed by atoms with Gasteiger partial charge in [-0.2, -0.15) is 13.2 Å². The molecule has 1 saturated heterocycles. The number of benzene rings is 1. The van der Waals surface area contributed by atoms with Crippen LogP contribution in [0.5, 0.6) is 5.75 Å². The molecule has 0 atom stereocenters. The lowest BCUT2D eigenvalue weighted by Crippen LogP contribution is -2.51. The first kappa shape index (κ1) is 26.3. The Balaban J connectivity index is 1.30. The molecular weight excluding hydrogens is 493 g/mol. The number of anilines is 2. The molecule has 2 aromatic rings. The number of pyridine rings is 1. The van der Waals surface area contributed by atoms with Crippen molar-refractivity contribution in [3.05, 3.63) is 52.3 Å². The molecule has 1 aliphatic heterocycles. The average Bonchev–Trinajstić information content (AvgIpc) is 2.89. The molecule has 200 valence electrons. The molecule has 2 aliphatic rings. The Hall–Kier alpha value is -3.77. The molecule has 0 unspecified atom stereocenters. The summed E-state index contributed by atoms with van der Waals surface area (Å²) in [4.78, 5) is 29.9. The van der Waals surface area contributed by atoms with Crippen LogP contribution < -0.4 is 20.3 Å². The highest BCUT2D eigenvalue weighted by atomic mass is 19.4. The third-order valence-corrected chi connectivity index (χ3v) is 6.69. The molecule has 0 bridgehead atoms. The Morgan fingerprint density at radius 1 is 1.11 bits per heavy atom. The summed E-state index contributed by atoms with van der Waals surface area (Å²) in [5.74, 6) is 0.646. The molecule has 1 aromatic carbocycles. The Kier molecular flexibility index (Phi) is 7.89. The zero-order valence-corrected chi connectivity index (χ0v) is 20.3. The standard InChI is InChI=1S/C24H29F3N6O4/c1-28-23(34)32-10-8-31(9-11-32)18-13-20(15-29-14-18)37-19-5-2-16(3-6-19)30-17-4-7-22(33(35)36)21(12-17)24(25,26)27/h4,7,12-16,19,30H,2-3,5-6,8-11H2,1H3,(H,28,34). The van der Waals surface area contributed by atoms with Crippen LogP contribution in [0, 0.1) is 10.1 Å². The summed E-state index contributed by atoms with van der Waals surface area (Å²) in [5, 5.41) is 16.7. The van der Waals surface area contributed by atoms with Crippen molar-refractivity contribution >= 4 is 23.1 Å². The summed E-state index contributed by atoms with van der Waals surface area (Å²) in [6.45, 7) is 2.60. The molecule has 1 saturated carbocycles. The topological polar surface area (TPSA) is 113 Å². The van der Waals surface area contributed by atoms with Crippen molar-refractivity contribution in [3.8, 4) is 5.75 Å². The maximum atomic E-state index is 13.3. The molecular formula is C24H29F3N6O4. The van der Waals surface area contributed by atoms with Gasteiger partial charge in [0.15, 0.2) is 0 Å². The van der Waals surface area contributed by atoms with Gasteiger partial charge < -0.3 is 25.2 Å². The van der Waals surface area contributed by atoms with Crippen molar-refractivity contribution in [2.75, 3.05) is 43.4 Å². The highest BCUT2D eigenvalue weighted by Crippen LogP contribution is 2.38. The van der Waals surface area contributed by atoms with Gasteiger partial charge in [-0.15, -0.1) is 0 Å². The number of rotatable bonds is 6. The number of alkyl halides is 3. The van der Waals surface area contributed by atoms with Crippen LogP contribution >= 0.6 is 0 Å². The SMILES string of the molecule is CNC(=O)N1CCN(c2cncc(OC3CCC(Nc4ccc([N+](=O)[O-])c(C(F)(F)F)c4)CC3)c2)CC1. The van der Waals surface area contributed by atoms with Crippen molar-refractivity contribution < 1.29 is 27.6 Å². The van der Waals surface area contributed by atoms with Gasteiger partial charge >= 0.3 is 12.2 Å². The fraction of sp³-hybridized carbons (Fsp3) is 0.500. The number of carbonyl (C=O) groups excluding carboxylic acids is 1. The zero-order valence-electron chi connectivity index (χ0n) is 20.3. The monoisotopic (exact) mass is 522 g/mol. The quantitative estimate of drug-likeness (QED) is 0.430. The molecule has 0 spiro atoms. The largest absolute Gasteiger partial charge is 0.489 e. The lowest BCUT2D eigenvalue weighted by molar-refractivity contribution is -0.388. The molecule has 1 aromatic heterocycles. The average molecular weight is 523 g/mol. The third-order valence-electron chi connectivity index (χ3n) is 6.69. The number of carbonyl (C=O) groups is 1. The van der Waals surface area contributed by atoms with E-state index in [9.17, 15) is 28.1 Å². The van der Waals surface area contributed by atoms with E-state index in [1.807, 2.05) is 6.07 Å². The number of ether oxygens (including phenoxy) is 1. The maximum Gasteiger partial charge on any atom is 0.423 e. The predicted molar refractivity (Wildman–Crippen MR) is 131 cm³/mol. The fourth-order valence-corrected chi connectivity index (χ4v) is 4.74. The van der Waals surface area contributed by atoms with Gasteiger partial charge in [0.05, 0.1) is 29.1 Å². The number of urea groups is 1. The smallest absolute Gasteiger partial charge is 0.423 e. The molecule has 2 fully saturated rings. The first-order chi connectivity index (χ1) is 17.6. The van der Waals surface area contributed by atoms with E-state index < -0.39 is 22.4 Å². The molecule has 37 heavy (non-hydrogen) atoms. The van der Waals surface area contributed by atoms with Gasteiger partial charge in [-0.1, -0.05) is 0 Å². The molecule has 0 radical (unpaired) electrons. The molecule has 2 amide bonds. The highest BCUT2D eigenvalue weighted by Gasteiger charge is 2.38. The summed E-state index contributed by atoms with van der Waals surface area (Å²) in [6, 6.07) is 4.77. The van der Waals surface area contributed by atoms with Crippen LogP contribution in [0.4, 0.5) is 35.0 Å². The number of hydrogen-bond donors (Lipinski definition) is 2. The van der Waals surface area contributed by atoms with Crippen molar-refractivity contribution in [1.82, 2.24) is 15.2 Å². The normalized spacial score (nSPS) is 20.3. The first-order valence-electron chi connectivity index (χ1n) is 12.1. The van der Waals surface area contributed by atoms with Crippen LogP contribution in [0.3, 0.4) is 0 Å². The van der Waals surface area contributed by atoms with Crippen LogP contribution in [0.25, 0.3) is 0 Å². The minimum Gasteiger partial charge on any atom is -0.489 e. The number of nitro groups is 1. The third kappa shape index (κ3) is 6.52. The summed E-state index contributed by atoms with van der Waals surface area (Å²) in [5.41, 5.74) is -1.10. The Bertz CT molecular complexity index is 1120. The van der Waals surface area contributed by atoms with E-state index in [4.69, 9.17) is 4.74 Å². The van der Waals surface area contributed by atoms with Gasteiger partial charge in [-0.25, -0.2) is 4.79 Å². The minimum absolute atomic E-state index is 0.0530. The van der Waals surface area contributed by atoms with E-state index in [-0.39, 0.29) is 23.9 Å². The lowest BCUT2D eigenvalue weighted by Gasteiger charge is -2.36. The van der Waals surface area contributed by atoms with E-state index in [1.54, 1.807) is 24.3 Å². The lowest BCUT2D eigenvalue weighted by atomic mass is 9.92. The summed E-state index contributed by atoms with van der Waals surface area (Å²) in [7, 11) is 1.61. The van der Waals surface area contributed by atoms with Crippen LogP contribution in [0.2, 0.25) is 0 Å². The number of hydrogen-bond acceptors (Lipinski definition) is 7. The van der Waals surface area contributed by atoms with Gasteiger partial charge in [0.1, 0.15) is 11.3 Å². The number of nitrogens with zero attached hydrogens (tertiary/aromatic N) is 4. The minimum atomic E-state index is -4.81. The van der Waals surface area contributed by atoms with Crippen LogP contribution in [0.15, 0.2) is 36.7 Å². The van der Waals surface area contributed by atoms with Gasteiger partial charge in [-0.05, 0) is 37.8 Å². The number of piperazine rings is 1. The molecule has 2 heterocycles. The van der Waals surface area contributed by atoms with E-state index in [1.165, 1.54) is 6.07 Å². The number of aromatic nitrogens is 1. The van der Waals surface area contributed by atoms with E-state index in [0.717, 1.165) is 17.8 Å². The van der Waals surface area contributed by atoms with Gasteiger partial charge in [0.25, 0.3) is 5.69 Å². The van der Waals surface area contributed by atoms with Crippen molar-refractivity contribution in [3.63, 3.8) is 0 Å². The fourth-order valence-electron chi connectivity index (χ4n) is 4.74. The number of amides is 2. The Labute approximate surface area is 211 Å². The second-order valence-corrected chi connectivity index (χ2v) is 9.13. The van der Waals surface area contributed by atoms with E-state index in [0.29, 0.717) is 57.6 Å². The zero-order chi connectivity index (χ0) is 26.6. The summed E-state index contributed by atoms with van der Waals surface area (Å²) < 4.78 is 45.9. The number of nitro benzene ring substituents is 1. The van der Waals surface area contributed by atoms with Crippen molar-refractivity contribution in [2.45, 2.75) is 44.0 Å². The van der Waals surface area contributed by atoms with Crippen LogP contribution in [-0.4, -0.2) is 66.2 Å². The molecule has 4 rings (SSSR count). The van der Waals surface area contributed by atoms with E-state index in [2.05, 4.69) is 20.5 Å². The first-order valence-corrected chi connectivity index (χ1v) is 12.1. The van der Waals surface area contributed by atoms with Gasteiger partial charge in [-0.3, -0.25) is 15.1 Å². The molecule has 10 nitrogen and oxygen atoms in total. The molecule has 13 heteroatoms. The van der Waals surface area contributed by atoms with E-state index >= 15 is 0 Å². The highest BCUT2D eigenvalue weighted by molar-refractivity contribution is 5.74. The maximum absolute atomic E-state index is 13.3. The molecule has 1 aliphatic carbocycles. The van der Waals surface area contributed by atoms with Crippen LogP contribution in [0.1, 0.15) is 31.2 Å². The Morgan fingerprint density at radius 2 is 1.81 bits per heavy atom. The summed E-state index contributed by atoms with van der Waals surface area (Å²) in [6.07, 6.45) is 1.31. The van der Waals surface area contributed by atoms with Crippen molar-refractivity contribution in [2.24, 2.45) is 0 Å². The van der Waals surface area contributed by atoms with Gasteiger partial charge in [0, 0.05) is 57.1 Å². The number of halogens is 3. The van der Waals surface area contributed by atoms with Crippen LogP contribution in [-0.2, 0) is 6.18 Å².